The SMILES string of the molecule is CCN(CC(C)C(O)c1ccc(F)cn1)C(C)CN(C)C. The third kappa shape index (κ3) is 5.69. The largest absolute Gasteiger partial charge is 0.386 e. The van der Waals surface area contributed by atoms with Crippen LogP contribution in [0.15, 0.2) is 18.3 Å². The summed E-state index contributed by atoms with van der Waals surface area (Å²) in [5.74, 6) is -0.346. The number of pyridine rings is 1. The molecule has 0 fully saturated rings. The van der Waals surface area contributed by atoms with E-state index >= 15 is 0 Å². The summed E-state index contributed by atoms with van der Waals surface area (Å²) in [5, 5.41) is 10.4. The highest BCUT2D eigenvalue weighted by Crippen LogP contribution is 2.21. The molecule has 21 heavy (non-hydrogen) atoms. The van der Waals surface area contributed by atoms with Crippen LogP contribution >= 0.6 is 0 Å². The molecule has 3 atom stereocenters. The maximum absolute atomic E-state index is 12.9. The second-order valence-corrected chi connectivity index (χ2v) is 6.02. The van der Waals surface area contributed by atoms with Gasteiger partial charge >= 0.3 is 0 Å². The Bertz CT molecular complexity index is 410. The first-order chi connectivity index (χ1) is 9.85. The summed E-state index contributed by atoms with van der Waals surface area (Å²) in [6, 6.07) is 3.31. The van der Waals surface area contributed by atoms with Gasteiger partial charge in [0.25, 0.3) is 0 Å². The molecule has 120 valence electrons. The lowest BCUT2D eigenvalue weighted by molar-refractivity contribution is 0.0701. The number of rotatable bonds is 8. The van der Waals surface area contributed by atoms with Crippen molar-refractivity contribution in [3.8, 4) is 0 Å². The Balaban J connectivity index is 2.64. The summed E-state index contributed by atoms with van der Waals surface area (Å²) in [6.07, 6.45) is 0.476. The Morgan fingerprint density at radius 1 is 1.24 bits per heavy atom. The third-order valence-electron chi connectivity index (χ3n) is 3.77. The normalized spacial score (nSPS) is 16.2. The van der Waals surface area contributed by atoms with Crippen LogP contribution in [0.4, 0.5) is 4.39 Å². The van der Waals surface area contributed by atoms with Crippen molar-refractivity contribution in [2.45, 2.75) is 32.9 Å². The molecule has 4 nitrogen and oxygen atoms in total. The van der Waals surface area contributed by atoms with Crippen molar-refractivity contribution < 1.29 is 9.50 Å². The number of aromatic nitrogens is 1. The lowest BCUT2D eigenvalue weighted by atomic mass is 10.00. The minimum atomic E-state index is -0.675. The molecule has 1 rings (SSSR count). The Labute approximate surface area is 127 Å². The molecule has 0 amide bonds. The molecule has 1 aromatic heterocycles. The fourth-order valence-electron chi connectivity index (χ4n) is 2.59. The molecule has 0 aromatic carbocycles. The quantitative estimate of drug-likeness (QED) is 0.798. The van der Waals surface area contributed by atoms with E-state index in [1.54, 1.807) is 6.07 Å². The molecule has 3 unspecified atom stereocenters. The standard InChI is InChI=1S/C16H28FN3O/c1-6-20(13(3)11-19(4)5)10-12(2)16(21)15-8-7-14(17)9-18-15/h7-9,12-13,16,21H,6,10-11H2,1-5H3. The average molecular weight is 297 g/mol. The lowest BCUT2D eigenvalue weighted by Gasteiger charge is -2.33. The lowest BCUT2D eigenvalue weighted by Crippen LogP contribution is -2.42. The van der Waals surface area contributed by atoms with Crippen LogP contribution in [-0.4, -0.2) is 59.7 Å². The van der Waals surface area contributed by atoms with Crippen molar-refractivity contribution in [3.63, 3.8) is 0 Å². The van der Waals surface area contributed by atoms with Gasteiger partial charge in [-0.2, -0.15) is 0 Å². The van der Waals surface area contributed by atoms with E-state index < -0.39 is 6.10 Å². The van der Waals surface area contributed by atoms with Crippen LogP contribution in [-0.2, 0) is 0 Å². The topological polar surface area (TPSA) is 39.6 Å². The minimum Gasteiger partial charge on any atom is -0.386 e. The molecular formula is C16H28FN3O. The fraction of sp³-hybridized carbons (Fsp3) is 0.688. The number of hydrogen-bond donors (Lipinski definition) is 1. The number of halogens is 1. The predicted octanol–water partition coefficient (Wildman–Crippen LogP) is 2.16. The van der Waals surface area contributed by atoms with Crippen molar-refractivity contribution in [3.05, 3.63) is 29.8 Å². The van der Waals surface area contributed by atoms with Gasteiger partial charge in [0, 0.05) is 25.0 Å². The molecule has 0 aliphatic heterocycles. The highest BCUT2D eigenvalue weighted by molar-refractivity contribution is 5.08. The van der Waals surface area contributed by atoms with Crippen molar-refractivity contribution in [2.75, 3.05) is 33.7 Å². The number of aliphatic hydroxyl groups is 1. The highest BCUT2D eigenvalue weighted by atomic mass is 19.1. The van der Waals surface area contributed by atoms with Crippen LogP contribution < -0.4 is 0 Å². The van der Waals surface area contributed by atoms with Gasteiger partial charge in [-0.25, -0.2) is 4.39 Å². The van der Waals surface area contributed by atoms with Crippen LogP contribution in [0.5, 0.6) is 0 Å². The van der Waals surface area contributed by atoms with E-state index in [2.05, 4.69) is 42.7 Å². The summed E-state index contributed by atoms with van der Waals surface area (Å²) < 4.78 is 12.9. The zero-order chi connectivity index (χ0) is 16.0. The smallest absolute Gasteiger partial charge is 0.141 e. The molecule has 1 aromatic rings. The van der Waals surface area contributed by atoms with Crippen LogP contribution in [0.2, 0.25) is 0 Å². The summed E-state index contributed by atoms with van der Waals surface area (Å²) >= 11 is 0. The fourth-order valence-corrected chi connectivity index (χ4v) is 2.59. The van der Waals surface area contributed by atoms with E-state index in [0.29, 0.717) is 11.7 Å². The van der Waals surface area contributed by atoms with Crippen molar-refractivity contribution in [2.24, 2.45) is 5.92 Å². The third-order valence-corrected chi connectivity index (χ3v) is 3.77. The summed E-state index contributed by atoms with van der Waals surface area (Å²) in [5.41, 5.74) is 0.528. The second kappa shape index (κ2) is 8.41. The maximum Gasteiger partial charge on any atom is 0.141 e. The molecule has 1 N–H and O–H groups in total. The van der Waals surface area contributed by atoms with Crippen LogP contribution in [0.3, 0.4) is 0 Å². The van der Waals surface area contributed by atoms with Gasteiger partial charge in [0.15, 0.2) is 0 Å². The van der Waals surface area contributed by atoms with Gasteiger partial charge in [0.1, 0.15) is 5.82 Å². The predicted molar refractivity (Wildman–Crippen MR) is 83.6 cm³/mol. The van der Waals surface area contributed by atoms with Gasteiger partial charge in [-0.15, -0.1) is 0 Å². The molecule has 0 saturated heterocycles. The van der Waals surface area contributed by atoms with Crippen LogP contribution in [0, 0.1) is 11.7 Å². The van der Waals surface area contributed by atoms with Gasteiger partial charge in [-0.1, -0.05) is 13.8 Å². The van der Waals surface area contributed by atoms with Gasteiger partial charge < -0.3 is 10.0 Å². The number of aliphatic hydroxyl groups excluding tert-OH is 1. The van der Waals surface area contributed by atoms with Gasteiger partial charge in [-0.3, -0.25) is 9.88 Å². The Kier molecular flexibility index (Phi) is 7.22. The molecular weight excluding hydrogens is 269 g/mol. The monoisotopic (exact) mass is 297 g/mol. The summed E-state index contributed by atoms with van der Waals surface area (Å²) in [6.45, 7) is 9.01. The Morgan fingerprint density at radius 2 is 1.90 bits per heavy atom. The molecule has 0 bridgehead atoms. The molecule has 1 heterocycles. The summed E-state index contributed by atoms with van der Waals surface area (Å²) in [4.78, 5) is 8.48. The second-order valence-electron chi connectivity index (χ2n) is 6.02. The first-order valence-corrected chi connectivity index (χ1v) is 7.53. The van der Waals surface area contributed by atoms with E-state index in [9.17, 15) is 9.50 Å². The molecule has 0 radical (unpaired) electrons. The number of hydrogen-bond acceptors (Lipinski definition) is 4. The first kappa shape index (κ1) is 18.0. The Hall–Kier alpha value is -1.04. The zero-order valence-electron chi connectivity index (χ0n) is 13.8. The van der Waals surface area contributed by atoms with Gasteiger partial charge in [0.2, 0.25) is 0 Å². The van der Waals surface area contributed by atoms with Gasteiger partial charge in [-0.05, 0) is 39.7 Å². The number of nitrogens with zero attached hydrogens (tertiary/aromatic N) is 3. The average Bonchev–Trinajstić information content (AvgIpc) is 2.43. The summed E-state index contributed by atoms with van der Waals surface area (Å²) in [7, 11) is 4.12. The van der Waals surface area contributed by atoms with Crippen molar-refractivity contribution in [1.29, 1.82) is 0 Å². The van der Waals surface area contributed by atoms with E-state index in [1.165, 1.54) is 6.07 Å². The highest BCUT2D eigenvalue weighted by Gasteiger charge is 2.22. The first-order valence-electron chi connectivity index (χ1n) is 7.53. The number of likely N-dealkylation sites (N-methyl/N-ethyl adjacent to an activating group) is 2. The van der Waals surface area contributed by atoms with Crippen molar-refractivity contribution >= 4 is 0 Å². The van der Waals surface area contributed by atoms with E-state index in [-0.39, 0.29) is 11.7 Å². The molecule has 0 saturated carbocycles. The minimum absolute atomic E-state index is 0.0347. The Morgan fingerprint density at radius 3 is 2.38 bits per heavy atom. The molecule has 0 aliphatic carbocycles. The van der Waals surface area contributed by atoms with Gasteiger partial charge in [0.05, 0.1) is 18.0 Å². The van der Waals surface area contributed by atoms with E-state index in [4.69, 9.17) is 0 Å². The zero-order valence-corrected chi connectivity index (χ0v) is 13.8. The van der Waals surface area contributed by atoms with Crippen LogP contribution in [0.1, 0.15) is 32.6 Å². The van der Waals surface area contributed by atoms with E-state index in [1.807, 2.05) is 6.92 Å². The molecule has 5 heteroatoms. The van der Waals surface area contributed by atoms with E-state index in [0.717, 1.165) is 25.8 Å². The van der Waals surface area contributed by atoms with Crippen LogP contribution in [0.25, 0.3) is 0 Å². The maximum atomic E-state index is 12.9. The van der Waals surface area contributed by atoms with Crippen molar-refractivity contribution in [1.82, 2.24) is 14.8 Å². The molecule has 0 aliphatic rings. The molecule has 0 spiro atoms.